The molecule has 0 amide bonds. The lowest BCUT2D eigenvalue weighted by atomic mass is 10.0. The van der Waals surface area contributed by atoms with Crippen LogP contribution in [0.15, 0.2) is 71.5 Å². The number of aromatic carboxylic acids is 1. The lowest BCUT2D eigenvalue weighted by molar-refractivity contribution is 0.0695. The summed E-state index contributed by atoms with van der Waals surface area (Å²) in [5.74, 6) is 4.74. The molecule has 188 valence electrons. The van der Waals surface area contributed by atoms with E-state index in [1.807, 2.05) is 24.1 Å². The van der Waals surface area contributed by atoms with Crippen LogP contribution in [0.2, 0.25) is 0 Å². The Hall–Kier alpha value is -3.27. The van der Waals surface area contributed by atoms with Gasteiger partial charge < -0.3 is 15.8 Å². The van der Waals surface area contributed by atoms with Crippen molar-refractivity contribution < 1.29 is 9.90 Å². The number of carboxylic acids is 1. The summed E-state index contributed by atoms with van der Waals surface area (Å²) in [5, 5.41) is 15.7. The van der Waals surface area contributed by atoms with E-state index in [2.05, 4.69) is 45.8 Å². The monoisotopic (exact) mass is 504 g/mol. The number of hydrazine groups is 1. The second-order valence-electron chi connectivity index (χ2n) is 9.56. The van der Waals surface area contributed by atoms with Crippen molar-refractivity contribution in [2.24, 2.45) is 17.5 Å². The highest BCUT2D eigenvalue weighted by atomic mass is 32.2. The van der Waals surface area contributed by atoms with Crippen molar-refractivity contribution in [1.29, 1.82) is 0 Å². The summed E-state index contributed by atoms with van der Waals surface area (Å²) < 4.78 is 4.19. The quantitative estimate of drug-likeness (QED) is 0.234. The molecule has 1 aromatic heterocycles. The molecule has 2 heterocycles. The van der Waals surface area contributed by atoms with E-state index in [9.17, 15) is 9.90 Å². The molecule has 0 bridgehead atoms. The molecular formula is C27H32N6O2S. The second-order valence-corrected chi connectivity index (χ2v) is 10.7. The standard InChI is InChI=1S/C27H32N6O2S/c1-31(29)17-25(28)22-15-23(22)26-24(27(34)35)16-30-33(26)20-9-5-7-18(13-20)19-8-6-10-21(14-19)36-32-11-3-2-4-12-32/h5-10,13-14,16-17,22-23H,2-4,11-12,15,28-29H2,1H3,(H,34,35)/b25-17-/t22?,23-/m1/s1. The topological polar surface area (TPSA) is 114 Å². The number of carboxylic acid groups (broad SMARTS) is 1. The number of aromatic nitrogens is 2. The lowest BCUT2D eigenvalue weighted by Gasteiger charge is -2.25. The second kappa shape index (κ2) is 10.4. The molecule has 2 aromatic carbocycles. The summed E-state index contributed by atoms with van der Waals surface area (Å²) in [5.41, 5.74) is 10.8. The van der Waals surface area contributed by atoms with Crippen LogP contribution in [-0.4, -0.2) is 50.3 Å². The summed E-state index contributed by atoms with van der Waals surface area (Å²) in [4.78, 5) is 13.2. The molecule has 9 heteroatoms. The molecule has 36 heavy (non-hydrogen) atoms. The summed E-state index contributed by atoms with van der Waals surface area (Å²) in [6.07, 6.45) is 7.71. The van der Waals surface area contributed by atoms with Crippen LogP contribution in [0.4, 0.5) is 0 Å². The van der Waals surface area contributed by atoms with Crippen LogP contribution in [0, 0.1) is 5.92 Å². The zero-order chi connectivity index (χ0) is 25.2. The fourth-order valence-electron chi connectivity index (χ4n) is 4.94. The van der Waals surface area contributed by atoms with E-state index >= 15 is 0 Å². The number of allylic oxidation sites excluding steroid dienone is 1. The molecule has 8 nitrogen and oxygen atoms in total. The molecule has 1 aliphatic carbocycles. The van der Waals surface area contributed by atoms with Gasteiger partial charge in [-0.3, -0.25) is 0 Å². The average Bonchev–Trinajstić information content (AvgIpc) is 3.54. The van der Waals surface area contributed by atoms with Gasteiger partial charge in [0.05, 0.1) is 17.6 Å². The highest BCUT2D eigenvalue weighted by molar-refractivity contribution is 7.97. The Morgan fingerprint density at radius 2 is 1.86 bits per heavy atom. The Balaban J connectivity index is 1.44. The van der Waals surface area contributed by atoms with Crippen LogP contribution in [0.3, 0.4) is 0 Å². The highest BCUT2D eigenvalue weighted by Crippen LogP contribution is 2.51. The molecule has 2 fully saturated rings. The van der Waals surface area contributed by atoms with Crippen LogP contribution < -0.4 is 11.6 Å². The molecule has 2 atom stereocenters. The van der Waals surface area contributed by atoms with Crippen molar-refractivity contribution in [2.45, 2.75) is 36.5 Å². The first-order chi connectivity index (χ1) is 17.4. The van der Waals surface area contributed by atoms with Gasteiger partial charge >= 0.3 is 5.97 Å². The van der Waals surface area contributed by atoms with E-state index in [0.29, 0.717) is 11.4 Å². The van der Waals surface area contributed by atoms with Crippen molar-refractivity contribution in [3.05, 3.63) is 77.9 Å². The molecule has 5 N–H and O–H groups in total. The average molecular weight is 505 g/mol. The zero-order valence-electron chi connectivity index (χ0n) is 20.4. The number of hydrogen-bond donors (Lipinski definition) is 3. The number of nitrogens with zero attached hydrogens (tertiary/aromatic N) is 4. The molecule has 1 saturated carbocycles. The lowest BCUT2D eigenvalue weighted by Crippen LogP contribution is -2.22. The van der Waals surface area contributed by atoms with Gasteiger partial charge in [-0.25, -0.2) is 19.6 Å². The molecule has 2 aliphatic rings. The van der Waals surface area contributed by atoms with E-state index < -0.39 is 5.97 Å². The zero-order valence-corrected chi connectivity index (χ0v) is 21.2. The van der Waals surface area contributed by atoms with Crippen LogP contribution in [0.1, 0.15) is 47.7 Å². The summed E-state index contributed by atoms with van der Waals surface area (Å²) >= 11 is 1.82. The fourth-order valence-corrected chi connectivity index (χ4v) is 5.99. The summed E-state index contributed by atoms with van der Waals surface area (Å²) in [7, 11) is 1.71. The fraction of sp³-hybridized carbons (Fsp3) is 0.333. The SMILES string of the molecule is CN(N)/C=C(\N)C1C[C@H]1c1c(C(=O)O)cnn1-c1cccc(-c2cccc(SN3CCCCC3)c2)c1. The number of rotatable bonds is 8. The van der Waals surface area contributed by atoms with Crippen molar-refractivity contribution in [1.82, 2.24) is 19.1 Å². The number of piperidine rings is 1. The minimum Gasteiger partial charge on any atom is -0.478 e. The smallest absolute Gasteiger partial charge is 0.339 e. The molecule has 1 unspecified atom stereocenters. The van der Waals surface area contributed by atoms with Crippen molar-refractivity contribution in [2.75, 3.05) is 20.1 Å². The maximum atomic E-state index is 12.0. The van der Waals surface area contributed by atoms with Gasteiger partial charge in [-0.2, -0.15) is 5.10 Å². The molecule has 1 aliphatic heterocycles. The van der Waals surface area contributed by atoms with Crippen LogP contribution >= 0.6 is 11.9 Å². The Bertz CT molecular complexity index is 1280. The first kappa shape index (κ1) is 24.4. The van der Waals surface area contributed by atoms with Gasteiger partial charge in [0.1, 0.15) is 5.56 Å². The van der Waals surface area contributed by atoms with E-state index in [1.54, 1.807) is 17.9 Å². The van der Waals surface area contributed by atoms with Gasteiger partial charge in [0.15, 0.2) is 0 Å². The largest absolute Gasteiger partial charge is 0.478 e. The summed E-state index contributed by atoms with van der Waals surface area (Å²) in [6, 6.07) is 16.7. The summed E-state index contributed by atoms with van der Waals surface area (Å²) in [6.45, 7) is 2.25. The first-order valence-electron chi connectivity index (χ1n) is 12.3. The van der Waals surface area contributed by atoms with Gasteiger partial charge in [-0.15, -0.1) is 0 Å². The van der Waals surface area contributed by atoms with E-state index in [-0.39, 0.29) is 17.4 Å². The van der Waals surface area contributed by atoms with Crippen molar-refractivity contribution >= 4 is 17.9 Å². The van der Waals surface area contributed by atoms with E-state index in [4.69, 9.17) is 11.6 Å². The van der Waals surface area contributed by atoms with E-state index in [1.165, 1.54) is 35.4 Å². The minimum atomic E-state index is -0.987. The minimum absolute atomic E-state index is 0.0253. The van der Waals surface area contributed by atoms with E-state index in [0.717, 1.165) is 36.3 Å². The molecular weight excluding hydrogens is 472 g/mol. The Morgan fingerprint density at radius 3 is 2.58 bits per heavy atom. The molecule has 1 saturated heterocycles. The Kier molecular flexibility index (Phi) is 7.04. The van der Waals surface area contributed by atoms with Gasteiger partial charge in [0.2, 0.25) is 0 Å². The van der Waals surface area contributed by atoms with Gasteiger partial charge in [0.25, 0.3) is 0 Å². The number of carbonyl (C=O) groups is 1. The van der Waals surface area contributed by atoms with Crippen LogP contribution in [-0.2, 0) is 0 Å². The molecule has 0 spiro atoms. The van der Waals surface area contributed by atoms with Crippen LogP contribution in [0.25, 0.3) is 16.8 Å². The maximum absolute atomic E-state index is 12.0. The number of benzene rings is 2. The van der Waals surface area contributed by atoms with Crippen LogP contribution in [0.5, 0.6) is 0 Å². The first-order valence-corrected chi connectivity index (χ1v) is 13.1. The maximum Gasteiger partial charge on any atom is 0.339 e. The van der Waals surface area contributed by atoms with Crippen molar-refractivity contribution in [3.63, 3.8) is 0 Å². The highest BCUT2D eigenvalue weighted by Gasteiger charge is 2.45. The van der Waals surface area contributed by atoms with Gasteiger partial charge in [-0.05, 0) is 66.6 Å². The predicted octanol–water partition coefficient (Wildman–Crippen LogP) is 4.44. The predicted molar refractivity (Wildman–Crippen MR) is 142 cm³/mol. The number of hydrogen-bond acceptors (Lipinski definition) is 7. The molecule has 0 radical (unpaired) electrons. The Labute approximate surface area is 215 Å². The molecule has 5 rings (SSSR count). The Morgan fingerprint density at radius 1 is 1.14 bits per heavy atom. The normalized spacial score (nSPS) is 20.3. The van der Waals surface area contributed by atoms with Gasteiger partial charge in [0, 0.05) is 48.8 Å². The van der Waals surface area contributed by atoms with Crippen molar-refractivity contribution in [3.8, 4) is 16.8 Å². The number of nitrogens with two attached hydrogens (primary N) is 2. The molecule has 3 aromatic rings. The third-order valence-electron chi connectivity index (χ3n) is 6.77. The third kappa shape index (κ3) is 5.28. The third-order valence-corrected chi connectivity index (χ3v) is 7.86. The van der Waals surface area contributed by atoms with Gasteiger partial charge in [-0.1, -0.05) is 30.7 Å².